The van der Waals surface area contributed by atoms with E-state index in [0.717, 1.165) is 5.69 Å². The summed E-state index contributed by atoms with van der Waals surface area (Å²) in [6.07, 6.45) is 1.76. The van der Waals surface area contributed by atoms with Crippen LogP contribution in [0.1, 0.15) is 12.6 Å². The van der Waals surface area contributed by atoms with E-state index in [4.69, 9.17) is 11.6 Å². The molecule has 5 nitrogen and oxygen atoms in total. The summed E-state index contributed by atoms with van der Waals surface area (Å²) >= 11 is 5.94. The number of nitrogens with one attached hydrogen (secondary N) is 2. The van der Waals surface area contributed by atoms with Gasteiger partial charge in [-0.05, 0) is 19.9 Å². The summed E-state index contributed by atoms with van der Waals surface area (Å²) in [6.45, 7) is 4.35. The van der Waals surface area contributed by atoms with E-state index in [0.29, 0.717) is 23.0 Å². The zero-order chi connectivity index (χ0) is 12.4. The van der Waals surface area contributed by atoms with E-state index in [2.05, 4.69) is 15.6 Å². The molecule has 6 heteroatoms. The van der Waals surface area contributed by atoms with Crippen LogP contribution < -0.4 is 10.6 Å². The molecule has 90 valence electrons. The zero-order valence-electron chi connectivity index (χ0n) is 9.62. The summed E-state index contributed by atoms with van der Waals surface area (Å²) in [7, 11) is 0. The Morgan fingerprint density at radius 3 is 3.00 bits per heavy atom. The molecule has 0 saturated heterocycles. The molecule has 0 fully saturated rings. The van der Waals surface area contributed by atoms with Crippen LogP contribution in [-0.4, -0.2) is 22.0 Å². The molecule has 0 aliphatic heterocycles. The van der Waals surface area contributed by atoms with E-state index < -0.39 is 0 Å². The molecule has 0 aromatic carbocycles. The number of amides is 2. The average molecular weight is 253 g/mol. The highest BCUT2D eigenvalue weighted by Crippen LogP contribution is 2.17. The highest BCUT2D eigenvalue weighted by atomic mass is 35.5. The van der Waals surface area contributed by atoms with Gasteiger partial charge in [0.15, 0.2) is 5.82 Å². The largest absolute Gasteiger partial charge is 0.338 e. The first-order valence-corrected chi connectivity index (χ1v) is 5.68. The molecule has 2 N–H and O–H groups in total. The number of fused-ring (bicyclic) bond motifs is 1. The van der Waals surface area contributed by atoms with Gasteiger partial charge in [-0.3, -0.25) is 5.32 Å². The van der Waals surface area contributed by atoms with Crippen LogP contribution in [0.4, 0.5) is 10.6 Å². The van der Waals surface area contributed by atoms with Gasteiger partial charge in [-0.15, -0.1) is 0 Å². The molecule has 0 atom stereocenters. The van der Waals surface area contributed by atoms with Gasteiger partial charge >= 0.3 is 6.03 Å². The summed E-state index contributed by atoms with van der Waals surface area (Å²) in [5, 5.41) is 5.92. The minimum atomic E-state index is -0.264. The van der Waals surface area contributed by atoms with Gasteiger partial charge in [-0.25, -0.2) is 9.78 Å². The molecule has 0 spiro atoms. The van der Waals surface area contributed by atoms with Crippen LogP contribution in [0.2, 0.25) is 5.02 Å². The molecule has 2 aromatic rings. The number of urea groups is 1. The third kappa shape index (κ3) is 2.50. The normalized spacial score (nSPS) is 10.5. The van der Waals surface area contributed by atoms with Crippen molar-refractivity contribution >= 4 is 29.1 Å². The van der Waals surface area contributed by atoms with Crippen molar-refractivity contribution in [2.45, 2.75) is 13.8 Å². The van der Waals surface area contributed by atoms with Crippen LogP contribution in [0.25, 0.3) is 5.65 Å². The minimum absolute atomic E-state index is 0.264. The molecule has 2 aromatic heterocycles. The number of hydrogen-bond donors (Lipinski definition) is 2. The monoisotopic (exact) mass is 252 g/mol. The maximum atomic E-state index is 11.3. The van der Waals surface area contributed by atoms with Crippen LogP contribution in [0.15, 0.2) is 18.3 Å². The van der Waals surface area contributed by atoms with Crippen molar-refractivity contribution in [2.75, 3.05) is 11.9 Å². The summed E-state index contributed by atoms with van der Waals surface area (Å²) in [6, 6.07) is 3.32. The fourth-order valence-corrected chi connectivity index (χ4v) is 1.85. The summed E-state index contributed by atoms with van der Waals surface area (Å²) in [4.78, 5) is 15.6. The number of carbonyl (C=O) groups is 1. The molecular weight excluding hydrogens is 240 g/mol. The van der Waals surface area contributed by atoms with Gasteiger partial charge in [0.1, 0.15) is 5.65 Å². The fraction of sp³-hybridized carbons (Fsp3) is 0.273. The van der Waals surface area contributed by atoms with E-state index in [1.807, 2.05) is 24.3 Å². The molecule has 0 radical (unpaired) electrons. The average Bonchev–Trinajstić information content (AvgIpc) is 2.60. The lowest BCUT2D eigenvalue weighted by atomic mass is 10.4. The summed E-state index contributed by atoms with van der Waals surface area (Å²) in [5.74, 6) is 0.501. The first kappa shape index (κ1) is 11.7. The first-order chi connectivity index (χ1) is 8.10. The Kier molecular flexibility index (Phi) is 3.19. The fourth-order valence-electron chi connectivity index (χ4n) is 1.59. The second-order valence-corrected chi connectivity index (χ2v) is 4.09. The molecule has 2 rings (SSSR count). The number of halogens is 1. The van der Waals surface area contributed by atoms with Crippen molar-refractivity contribution in [3.63, 3.8) is 0 Å². The Balaban J connectivity index is 2.32. The van der Waals surface area contributed by atoms with Crippen LogP contribution in [0, 0.1) is 6.92 Å². The topological polar surface area (TPSA) is 58.4 Å². The van der Waals surface area contributed by atoms with E-state index in [-0.39, 0.29) is 6.03 Å². The van der Waals surface area contributed by atoms with Crippen LogP contribution >= 0.6 is 11.6 Å². The van der Waals surface area contributed by atoms with Crippen molar-refractivity contribution in [2.24, 2.45) is 0 Å². The van der Waals surface area contributed by atoms with E-state index >= 15 is 0 Å². The Labute approximate surface area is 104 Å². The van der Waals surface area contributed by atoms with E-state index in [9.17, 15) is 4.79 Å². The van der Waals surface area contributed by atoms with Gasteiger partial charge in [-0.1, -0.05) is 11.6 Å². The van der Waals surface area contributed by atoms with Gasteiger partial charge < -0.3 is 9.72 Å². The second kappa shape index (κ2) is 4.63. The number of anilines is 1. The van der Waals surface area contributed by atoms with Gasteiger partial charge in [-0.2, -0.15) is 0 Å². The second-order valence-electron chi connectivity index (χ2n) is 3.65. The molecule has 0 aliphatic carbocycles. The van der Waals surface area contributed by atoms with Gasteiger partial charge in [0.2, 0.25) is 0 Å². The first-order valence-electron chi connectivity index (χ1n) is 5.30. The van der Waals surface area contributed by atoms with Crippen molar-refractivity contribution < 1.29 is 4.79 Å². The Morgan fingerprint density at radius 2 is 2.29 bits per heavy atom. The van der Waals surface area contributed by atoms with E-state index in [1.165, 1.54) is 0 Å². The number of imidazole rings is 1. The lowest BCUT2D eigenvalue weighted by Gasteiger charge is -2.00. The Morgan fingerprint density at radius 1 is 1.53 bits per heavy atom. The van der Waals surface area contributed by atoms with Crippen LogP contribution in [0.3, 0.4) is 0 Å². The molecule has 0 unspecified atom stereocenters. The number of nitrogens with zero attached hydrogens (tertiary/aromatic N) is 2. The lowest BCUT2D eigenvalue weighted by molar-refractivity contribution is 0.252. The molecule has 2 amide bonds. The SMILES string of the molecule is CCNC(=O)Nc1cn2c(C)cc(Cl)cc2n1. The van der Waals surface area contributed by atoms with Crippen LogP contribution in [0.5, 0.6) is 0 Å². The standard InChI is InChI=1S/C11H13ClN4O/c1-3-13-11(17)15-9-6-16-7(2)4-8(12)5-10(16)14-9/h4-6H,3H2,1-2H3,(H2,13,15,17). The predicted octanol–water partition coefficient (Wildman–Crippen LogP) is 2.44. The van der Waals surface area contributed by atoms with Crippen molar-refractivity contribution in [3.05, 3.63) is 29.0 Å². The quantitative estimate of drug-likeness (QED) is 0.863. The highest BCUT2D eigenvalue weighted by molar-refractivity contribution is 6.30. The molecule has 0 saturated carbocycles. The number of pyridine rings is 1. The van der Waals surface area contributed by atoms with Gasteiger partial charge in [0.25, 0.3) is 0 Å². The highest BCUT2D eigenvalue weighted by Gasteiger charge is 2.07. The molecule has 0 aliphatic rings. The predicted molar refractivity (Wildman–Crippen MR) is 67.6 cm³/mol. The third-order valence-corrected chi connectivity index (χ3v) is 2.52. The maximum absolute atomic E-state index is 11.3. The zero-order valence-corrected chi connectivity index (χ0v) is 10.4. The van der Waals surface area contributed by atoms with Crippen molar-refractivity contribution in [1.29, 1.82) is 0 Å². The molecule has 0 bridgehead atoms. The lowest BCUT2D eigenvalue weighted by Crippen LogP contribution is -2.28. The molecular formula is C11H13ClN4O. The summed E-state index contributed by atoms with van der Waals surface area (Å²) < 4.78 is 1.87. The molecule has 2 heterocycles. The third-order valence-electron chi connectivity index (χ3n) is 2.31. The summed E-state index contributed by atoms with van der Waals surface area (Å²) in [5.41, 5.74) is 1.67. The number of rotatable bonds is 2. The number of aryl methyl sites for hydroxylation is 1. The number of aromatic nitrogens is 2. The van der Waals surface area contributed by atoms with Crippen molar-refractivity contribution in [1.82, 2.24) is 14.7 Å². The van der Waals surface area contributed by atoms with Gasteiger partial charge in [0, 0.05) is 23.3 Å². The number of hydrogen-bond acceptors (Lipinski definition) is 2. The minimum Gasteiger partial charge on any atom is -0.338 e. The maximum Gasteiger partial charge on any atom is 0.320 e. The van der Waals surface area contributed by atoms with Gasteiger partial charge in [0.05, 0.1) is 6.20 Å². The Hall–Kier alpha value is -1.75. The Bertz CT molecular complexity index is 564. The van der Waals surface area contributed by atoms with E-state index in [1.54, 1.807) is 12.3 Å². The van der Waals surface area contributed by atoms with Crippen LogP contribution in [-0.2, 0) is 0 Å². The van der Waals surface area contributed by atoms with Crippen molar-refractivity contribution in [3.8, 4) is 0 Å². The number of carbonyl (C=O) groups excluding carboxylic acids is 1. The smallest absolute Gasteiger partial charge is 0.320 e. The molecule has 17 heavy (non-hydrogen) atoms.